The number of hydrogen-bond donors (Lipinski definition) is 1. The Morgan fingerprint density at radius 3 is 2.30 bits per heavy atom. The molecule has 0 amide bonds. The van der Waals surface area contributed by atoms with Crippen LogP contribution in [0.1, 0.15) is 65.2 Å². The van der Waals surface area contributed by atoms with Crippen LogP contribution >= 0.6 is 11.8 Å². The molecule has 4 fully saturated rings. The molecule has 0 aromatic heterocycles. The van der Waals surface area contributed by atoms with E-state index in [9.17, 15) is 0 Å². The molecule has 1 N–H and O–H groups in total. The molecule has 0 saturated heterocycles. The van der Waals surface area contributed by atoms with E-state index < -0.39 is 0 Å². The fourth-order valence-corrected chi connectivity index (χ4v) is 6.82. The van der Waals surface area contributed by atoms with E-state index in [2.05, 4.69) is 19.2 Å². The van der Waals surface area contributed by atoms with Crippen molar-refractivity contribution in [1.82, 2.24) is 5.32 Å². The Kier molecular flexibility index (Phi) is 3.14. The highest BCUT2D eigenvalue weighted by molar-refractivity contribution is 8.13. The van der Waals surface area contributed by atoms with Crippen molar-refractivity contribution in [3.8, 4) is 0 Å². The first-order valence-corrected chi connectivity index (χ1v) is 9.57. The molecule has 0 aromatic rings. The first-order valence-electron chi connectivity index (χ1n) is 8.59. The Labute approximate surface area is 127 Å². The van der Waals surface area contributed by atoms with E-state index in [4.69, 9.17) is 4.99 Å². The van der Waals surface area contributed by atoms with Crippen LogP contribution in [0.15, 0.2) is 4.99 Å². The van der Waals surface area contributed by atoms with Crippen LogP contribution in [0.2, 0.25) is 0 Å². The summed E-state index contributed by atoms with van der Waals surface area (Å²) in [6.07, 6.45) is 11.2. The lowest BCUT2D eigenvalue weighted by atomic mass is 9.53. The maximum atomic E-state index is 5.08. The molecule has 0 spiro atoms. The molecule has 1 unspecified atom stereocenters. The van der Waals surface area contributed by atoms with Gasteiger partial charge in [0.05, 0.1) is 5.54 Å². The summed E-state index contributed by atoms with van der Waals surface area (Å²) in [5.74, 6) is 4.28. The molecule has 112 valence electrons. The second-order valence-corrected chi connectivity index (χ2v) is 9.27. The second-order valence-electron chi connectivity index (χ2n) is 8.19. The van der Waals surface area contributed by atoms with Crippen molar-refractivity contribution in [3.05, 3.63) is 0 Å². The van der Waals surface area contributed by atoms with Gasteiger partial charge in [-0.15, -0.1) is 0 Å². The average molecular weight is 292 g/mol. The van der Waals surface area contributed by atoms with E-state index in [-0.39, 0.29) is 5.54 Å². The fraction of sp³-hybridized carbons (Fsp3) is 0.941. The highest BCUT2D eigenvalue weighted by Gasteiger charge is 2.51. The Hall–Kier alpha value is -0.180. The van der Waals surface area contributed by atoms with E-state index >= 15 is 0 Å². The number of aliphatic imine (C=N–C) groups is 1. The monoisotopic (exact) mass is 292 g/mol. The van der Waals surface area contributed by atoms with E-state index in [1.54, 1.807) is 0 Å². The Balaban J connectivity index is 1.54. The van der Waals surface area contributed by atoms with Crippen molar-refractivity contribution < 1.29 is 0 Å². The lowest BCUT2D eigenvalue weighted by molar-refractivity contribution is -0.00974. The number of rotatable bonds is 2. The predicted molar refractivity (Wildman–Crippen MR) is 87.2 cm³/mol. The highest BCUT2D eigenvalue weighted by Crippen LogP contribution is 2.55. The van der Waals surface area contributed by atoms with Crippen molar-refractivity contribution in [2.45, 2.75) is 76.3 Å². The summed E-state index contributed by atoms with van der Waals surface area (Å²) in [6.45, 7) is 4.61. The first kappa shape index (κ1) is 13.5. The van der Waals surface area contributed by atoms with Crippen LogP contribution in [-0.2, 0) is 0 Å². The van der Waals surface area contributed by atoms with Gasteiger partial charge in [-0.1, -0.05) is 18.7 Å². The van der Waals surface area contributed by atoms with Crippen LogP contribution in [0, 0.1) is 17.8 Å². The molecule has 20 heavy (non-hydrogen) atoms. The standard InChI is InChI=1S/C17H28N2S/c1-3-16(2)4-5-20-15(18-16)19-17-9-12-6-13(10-17)8-14(7-12)11-17/h12-14H,3-11H2,1-2H3,(H,18,19). The molecular formula is C17H28N2S. The van der Waals surface area contributed by atoms with Gasteiger partial charge in [0.15, 0.2) is 5.17 Å². The maximum absolute atomic E-state index is 5.08. The minimum Gasteiger partial charge on any atom is -0.359 e. The van der Waals surface area contributed by atoms with Gasteiger partial charge in [-0.2, -0.15) is 0 Å². The number of nitrogens with one attached hydrogen (secondary N) is 1. The molecule has 4 saturated carbocycles. The molecule has 1 atom stereocenters. The zero-order valence-electron chi connectivity index (χ0n) is 13.0. The Morgan fingerprint density at radius 1 is 1.15 bits per heavy atom. The van der Waals surface area contributed by atoms with E-state index in [0.29, 0.717) is 5.54 Å². The number of thioether (sulfide) groups is 1. The lowest BCUT2D eigenvalue weighted by Gasteiger charge is -2.57. The quantitative estimate of drug-likeness (QED) is 0.824. The number of amidine groups is 1. The fourth-order valence-electron chi connectivity index (χ4n) is 5.51. The van der Waals surface area contributed by atoms with Crippen molar-refractivity contribution in [2.75, 3.05) is 5.75 Å². The minimum absolute atomic E-state index is 0.190. The molecular weight excluding hydrogens is 264 g/mol. The Morgan fingerprint density at radius 2 is 1.75 bits per heavy atom. The second kappa shape index (κ2) is 4.66. The van der Waals surface area contributed by atoms with Gasteiger partial charge in [-0.05, 0) is 76.0 Å². The molecule has 5 aliphatic rings. The van der Waals surface area contributed by atoms with Gasteiger partial charge >= 0.3 is 0 Å². The minimum atomic E-state index is 0.190. The zero-order chi connectivity index (χ0) is 13.8. The maximum Gasteiger partial charge on any atom is 0.157 e. The van der Waals surface area contributed by atoms with Gasteiger partial charge in [-0.25, -0.2) is 0 Å². The third kappa shape index (κ3) is 2.30. The van der Waals surface area contributed by atoms with Crippen LogP contribution < -0.4 is 5.32 Å². The lowest BCUT2D eigenvalue weighted by Crippen LogP contribution is -2.60. The van der Waals surface area contributed by atoms with Gasteiger partial charge in [-0.3, -0.25) is 4.99 Å². The SMILES string of the molecule is CCC1(C)CCSC(NC23CC4CC(CC(C4)C2)C3)=N1. The summed E-state index contributed by atoms with van der Waals surface area (Å²) in [5.41, 5.74) is 0.614. The topological polar surface area (TPSA) is 24.4 Å². The summed E-state index contributed by atoms with van der Waals surface area (Å²) < 4.78 is 0. The number of hydrogen-bond acceptors (Lipinski definition) is 3. The van der Waals surface area contributed by atoms with E-state index in [0.717, 1.165) is 17.8 Å². The molecule has 0 radical (unpaired) electrons. The van der Waals surface area contributed by atoms with E-state index in [1.807, 2.05) is 11.8 Å². The van der Waals surface area contributed by atoms with Crippen molar-refractivity contribution in [2.24, 2.45) is 22.7 Å². The molecule has 2 nitrogen and oxygen atoms in total. The first-order chi connectivity index (χ1) is 9.58. The molecule has 1 heterocycles. The van der Waals surface area contributed by atoms with E-state index in [1.165, 1.54) is 62.3 Å². The van der Waals surface area contributed by atoms with Gasteiger partial charge in [0.2, 0.25) is 0 Å². The summed E-state index contributed by atoms with van der Waals surface area (Å²) >= 11 is 1.97. The molecule has 4 bridgehead atoms. The van der Waals surface area contributed by atoms with Gasteiger partial charge < -0.3 is 5.32 Å². The molecule has 3 heteroatoms. The molecule has 5 rings (SSSR count). The molecule has 1 aliphatic heterocycles. The molecule has 0 aromatic carbocycles. The zero-order valence-corrected chi connectivity index (χ0v) is 13.8. The summed E-state index contributed by atoms with van der Waals surface area (Å²) in [7, 11) is 0. The van der Waals surface area contributed by atoms with Gasteiger partial charge in [0, 0.05) is 11.3 Å². The average Bonchev–Trinajstić information content (AvgIpc) is 2.36. The summed E-state index contributed by atoms with van der Waals surface area (Å²) in [6, 6.07) is 0. The van der Waals surface area contributed by atoms with Crippen molar-refractivity contribution in [3.63, 3.8) is 0 Å². The van der Waals surface area contributed by atoms with Crippen LogP contribution in [0.3, 0.4) is 0 Å². The predicted octanol–water partition coefficient (Wildman–Crippen LogP) is 4.21. The largest absolute Gasteiger partial charge is 0.359 e. The van der Waals surface area contributed by atoms with Crippen LogP contribution in [-0.4, -0.2) is 22.0 Å². The normalized spacial score (nSPS) is 50.1. The Bertz CT molecular complexity index is 395. The third-order valence-electron chi connectivity index (χ3n) is 6.42. The number of nitrogens with zero attached hydrogens (tertiary/aromatic N) is 1. The van der Waals surface area contributed by atoms with Crippen LogP contribution in [0.4, 0.5) is 0 Å². The van der Waals surface area contributed by atoms with Gasteiger partial charge in [0.25, 0.3) is 0 Å². The third-order valence-corrected chi connectivity index (χ3v) is 7.30. The smallest absolute Gasteiger partial charge is 0.157 e. The van der Waals surface area contributed by atoms with Crippen LogP contribution in [0.5, 0.6) is 0 Å². The summed E-state index contributed by atoms with van der Waals surface area (Å²) in [4.78, 5) is 5.08. The van der Waals surface area contributed by atoms with Crippen molar-refractivity contribution >= 4 is 16.9 Å². The van der Waals surface area contributed by atoms with Crippen molar-refractivity contribution in [1.29, 1.82) is 0 Å². The highest BCUT2D eigenvalue weighted by atomic mass is 32.2. The van der Waals surface area contributed by atoms with Crippen LogP contribution in [0.25, 0.3) is 0 Å². The molecule has 4 aliphatic carbocycles. The van der Waals surface area contributed by atoms with Gasteiger partial charge in [0.1, 0.15) is 0 Å². The summed E-state index contributed by atoms with van der Waals surface area (Å²) in [5, 5.41) is 5.23.